The third kappa shape index (κ3) is 7.94. The third-order valence-corrected chi connectivity index (χ3v) is 10.8. The Bertz CT molecular complexity index is 2220. The number of carbonyl (C=O) groups excluding carboxylic acids is 2. The van der Waals surface area contributed by atoms with Gasteiger partial charge in [-0.05, 0) is 92.2 Å². The molecule has 49 heavy (non-hydrogen) atoms. The van der Waals surface area contributed by atoms with Crippen molar-refractivity contribution in [2.24, 2.45) is 0 Å². The molecule has 0 aliphatic carbocycles. The number of carboxylic acid groups (broad SMARTS) is 2. The number of rotatable bonds is 6. The van der Waals surface area contributed by atoms with Crippen molar-refractivity contribution in [1.29, 1.82) is 0 Å². The molecule has 0 N–H and O–H groups in total. The fraction of sp³-hybridized carbons (Fsp3) is 0.125. The van der Waals surface area contributed by atoms with E-state index in [1.807, 2.05) is 0 Å². The van der Waals surface area contributed by atoms with Crippen molar-refractivity contribution in [1.82, 2.24) is 0 Å². The summed E-state index contributed by atoms with van der Waals surface area (Å²) in [6.45, 7) is 0. The van der Waals surface area contributed by atoms with Gasteiger partial charge < -0.3 is 46.8 Å². The van der Waals surface area contributed by atoms with E-state index >= 15 is 0 Å². The number of hydrogen-bond donors (Lipinski definition) is 0. The molecule has 0 saturated carbocycles. The Balaban J connectivity index is 0.000000216. The molecular weight excluding hydrogens is 745 g/mol. The molecule has 17 heteroatoms. The smallest absolute Gasteiger partial charge is 0.612 e. The number of benzene rings is 4. The van der Waals surface area contributed by atoms with E-state index < -0.39 is 67.5 Å². The van der Waals surface area contributed by atoms with Crippen molar-refractivity contribution in [3.05, 3.63) is 92.2 Å². The van der Waals surface area contributed by atoms with E-state index in [1.165, 1.54) is 85.7 Å². The first kappa shape index (κ1) is 39.1. The second-order valence-electron chi connectivity index (χ2n) is 10.3. The average Bonchev–Trinajstić information content (AvgIpc) is 3.03. The molecule has 0 spiro atoms. The molecule has 0 fully saturated rings. The summed E-state index contributed by atoms with van der Waals surface area (Å²) in [6.07, 6.45) is 5.75. The second-order valence-corrected chi connectivity index (χ2v) is 15.7. The monoisotopic (exact) mass is 766 g/mol. The summed E-state index contributed by atoms with van der Waals surface area (Å²) in [7, 11) is 0. The van der Waals surface area contributed by atoms with Crippen LogP contribution in [-0.4, -0.2) is 92.9 Å². The van der Waals surface area contributed by atoms with Gasteiger partial charge in [0.25, 0.3) is 0 Å². The number of carboxylic acids is 2. The molecular formula is C32H22CaO12S4. The second kappa shape index (κ2) is 15.7. The van der Waals surface area contributed by atoms with Gasteiger partial charge in [0.05, 0.1) is 45.6 Å². The molecule has 6 rings (SSSR count). The quantitative estimate of drug-likeness (QED) is 0.132. The van der Waals surface area contributed by atoms with Crippen LogP contribution in [0.2, 0.25) is 0 Å². The molecule has 2 aromatic heterocycles. The molecule has 0 saturated heterocycles. The van der Waals surface area contributed by atoms with Gasteiger partial charge in [-0.3, -0.25) is 9.59 Å². The van der Waals surface area contributed by atoms with Crippen LogP contribution in [0.3, 0.4) is 0 Å². The largest absolute Gasteiger partial charge is 2.00 e. The van der Waals surface area contributed by atoms with Crippen molar-refractivity contribution in [3.63, 3.8) is 0 Å². The first-order valence-corrected chi connectivity index (χ1v) is 19.7. The van der Waals surface area contributed by atoms with Gasteiger partial charge in [0.15, 0.2) is 21.0 Å². The van der Waals surface area contributed by atoms with Crippen LogP contribution in [-0.2, 0) is 44.7 Å². The van der Waals surface area contributed by atoms with Crippen molar-refractivity contribution in [3.8, 4) is 0 Å². The normalized spacial score (nSPS) is 13.7. The molecule has 4 aromatic carbocycles. The summed E-state index contributed by atoms with van der Waals surface area (Å²) >= 11 is -5.70. The van der Waals surface area contributed by atoms with E-state index in [-0.39, 0.29) is 103 Å². The summed E-state index contributed by atoms with van der Waals surface area (Å²) in [5.74, 6) is -2.81. The standard InChI is InChI=1S/2C16H12O6S2.Ca/c2*1-23(20)9-6-11-14(17)10-5-8(16(18)19)3-4-12(10)22-15(11)13(7-9)24(2)21;/h2*3-7H,1-2H3,(H,18,19);/q;;+2/p-2. The summed E-state index contributed by atoms with van der Waals surface area (Å²) < 4.78 is 58.9. The Morgan fingerprint density at radius 2 is 0.878 bits per heavy atom. The fourth-order valence-electron chi connectivity index (χ4n) is 4.82. The minimum Gasteiger partial charge on any atom is -0.612 e. The van der Waals surface area contributed by atoms with Crippen molar-refractivity contribution in [2.45, 2.75) is 19.6 Å². The SMILES string of the molecule is C[S+]([O-])c1cc([S+](C)[O-])c2oc3ccc(C(=O)[O-])cc3c(=O)c2c1.C[S+]([O-])c1cc([S+](C)[O-])c2oc3ccc(C(=O)[O-])cc3c(=O)c2c1.[Ca+2]. The predicted molar refractivity (Wildman–Crippen MR) is 184 cm³/mol. The third-order valence-electron chi connectivity index (χ3n) is 7.17. The van der Waals surface area contributed by atoms with Crippen molar-refractivity contribution >= 4 is 138 Å². The first-order chi connectivity index (χ1) is 22.6. The molecule has 248 valence electrons. The fourth-order valence-corrected chi connectivity index (χ4v) is 7.51. The Labute approximate surface area is 319 Å². The molecule has 0 radical (unpaired) electrons. The number of hydrogen-bond acceptors (Lipinski definition) is 12. The van der Waals surface area contributed by atoms with Gasteiger partial charge >= 0.3 is 37.7 Å². The van der Waals surface area contributed by atoms with Gasteiger partial charge in [-0.2, -0.15) is 0 Å². The van der Waals surface area contributed by atoms with Gasteiger partial charge in [0.1, 0.15) is 36.2 Å². The molecule has 4 atom stereocenters. The Morgan fingerprint density at radius 1 is 0.531 bits per heavy atom. The van der Waals surface area contributed by atoms with Crippen LogP contribution in [0.4, 0.5) is 0 Å². The summed E-state index contributed by atoms with van der Waals surface area (Å²) in [5.41, 5.74) is -0.620. The van der Waals surface area contributed by atoms with E-state index in [4.69, 9.17) is 8.83 Å². The average molecular weight is 767 g/mol. The topological polar surface area (TPSA) is 233 Å². The Morgan fingerprint density at radius 3 is 1.16 bits per heavy atom. The van der Waals surface area contributed by atoms with Crippen molar-refractivity contribution in [2.75, 3.05) is 25.0 Å². The molecule has 4 unspecified atom stereocenters. The summed E-state index contributed by atoms with van der Waals surface area (Å²) in [6, 6.07) is 13.4. The van der Waals surface area contributed by atoms with Gasteiger partial charge in [-0.15, -0.1) is 0 Å². The maximum atomic E-state index is 12.7. The molecule has 0 aliphatic heterocycles. The zero-order valence-electron chi connectivity index (χ0n) is 26.0. The maximum Gasteiger partial charge on any atom is 2.00 e. The molecule has 2 heterocycles. The van der Waals surface area contributed by atoms with Crippen LogP contribution < -0.4 is 21.1 Å². The predicted octanol–water partition coefficient (Wildman–Crippen LogP) is 1.19. The molecule has 0 aliphatic rings. The van der Waals surface area contributed by atoms with Crippen LogP contribution in [0.25, 0.3) is 43.9 Å². The minimum atomic E-state index is -1.46. The first-order valence-electron chi connectivity index (χ1n) is 13.4. The van der Waals surface area contributed by atoms with Gasteiger partial charge in [0, 0.05) is 12.1 Å². The van der Waals surface area contributed by atoms with Crippen LogP contribution in [0.5, 0.6) is 0 Å². The number of carbonyl (C=O) groups is 2. The zero-order valence-corrected chi connectivity index (χ0v) is 31.5. The Hall–Kier alpha value is -2.74. The molecule has 6 aromatic rings. The molecule has 0 bridgehead atoms. The van der Waals surface area contributed by atoms with E-state index in [1.54, 1.807) is 0 Å². The van der Waals surface area contributed by atoms with Crippen LogP contribution >= 0.6 is 0 Å². The number of fused-ring (bicyclic) bond motifs is 4. The van der Waals surface area contributed by atoms with E-state index in [0.29, 0.717) is 9.79 Å². The van der Waals surface area contributed by atoms with Crippen LogP contribution in [0.1, 0.15) is 20.7 Å². The minimum absolute atomic E-state index is 0. The van der Waals surface area contributed by atoms with Crippen molar-refractivity contribution < 1.29 is 46.8 Å². The van der Waals surface area contributed by atoms with Gasteiger partial charge in [0.2, 0.25) is 20.6 Å². The van der Waals surface area contributed by atoms with Crippen LogP contribution in [0.15, 0.2) is 98.7 Å². The van der Waals surface area contributed by atoms with Gasteiger partial charge in [-0.1, -0.05) is 0 Å². The van der Waals surface area contributed by atoms with Crippen LogP contribution in [0, 0.1) is 0 Å². The summed E-state index contributed by atoms with van der Waals surface area (Å²) in [4.78, 5) is 48.7. The molecule has 12 nitrogen and oxygen atoms in total. The van der Waals surface area contributed by atoms with Gasteiger partial charge in [-0.25, -0.2) is 0 Å². The van der Waals surface area contributed by atoms with E-state index in [9.17, 15) is 47.6 Å². The summed E-state index contributed by atoms with van der Waals surface area (Å²) in [5, 5.41) is 22.3. The maximum absolute atomic E-state index is 12.7. The number of aromatic carboxylic acids is 2. The van der Waals surface area contributed by atoms with E-state index in [2.05, 4.69) is 0 Å². The Kier molecular flexibility index (Phi) is 12.5. The zero-order chi connectivity index (χ0) is 35.2. The molecule has 0 amide bonds. The van der Waals surface area contributed by atoms with E-state index in [0.717, 1.165) is 0 Å².